The first-order valence-electron chi connectivity index (χ1n) is 4.28. The third kappa shape index (κ3) is 4.03. The first-order valence-corrected chi connectivity index (χ1v) is 5.65. The van der Waals surface area contributed by atoms with E-state index in [1.165, 1.54) is 0 Å². The summed E-state index contributed by atoms with van der Waals surface area (Å²) >= 11 is 7.40. The molecule has 1 aromatic carbocycles. The molecule has 13 heavy (non-hydrogen) atoms. The average molecular weight is 217 g/mol. The zero-order valence-electron chi connectivity index (χ0n) is 7.53. The fraction of sp³-hybridized carbons (Fsp3) is 0.400. The lowest BCUT2D eigenvalue weighted by Crippen LogP contribution is -2.06. The summed E-state index contributed by atoms with van der Waals surface area (Å²) in [5.41, 5.74) is 0. The lowest BCUT2D eigenvalue weighted by molar-refractivity contribution is 0.195. The number of hydrogen-bond acceptors (Lipinski definition) is 2. The van der Waals surface area contributed by atoms with Gasteiger partial charge in [0.2, 0.25) is 0 Å². The molecule has 0 fully saturated rings. The third-order valence-corrected chi connectivity index (χ3v) is 3.14. The van der Waals surface area contributed by atoms with Crippen molar-refractivity contribution >= 4 is 23.4 Å². The summed E-state index contributed by atoms with van der Waals surface area (Å²) < 4.78 is 0. The molecular formula is C10H13ClOS. The third-order valence-electron chi connectivity index (χ3n) is 1.73. The minimum atomic E-state index is -0.208. The second-order valence-electron chi connectivity index (χ2n) is 2.83. The normalized spacial score (nSPS) is 12.8. The molecule has 1 rings (SSSR count). The van der Waals surface area contributed by atoms with Crippen molar-refractivity contribution in [3.63, 3.8) is 0 Å². The Morgan fingerprint density at radius 2 is 2.00 bits per heavy atom. The summed E-state index contributed by atoms with van der Waals surface area (Å²) in [7, 11) is 0. The van der Waals surface area contributed by atoms with Crippen LogP contribution in [-0.4, -0.2) is 17.0 Å². The van der Waals surface area contributed by atoms with Gasteiger partial charge in [0, 0.05) is 15.7 Å². The van der Waals surface area contributed by atoms with Crippen molar-refractivity contribution in [2.75, 3.05) is 5.75 Å². The largest absolute Gasteiger partial charge is 0.392 e. The van der Waals surface area contributed by atoms with E-state index in [1.54, 1.807) is 11.8 Å². The van der Waals surface area contributed by atoms with Gasteiger partial charge in [-0.3, -0.25) is 0 Å². The molecule has 0 saturated heterocycles. The van der Waals surface area contributed by atoms with Crippen LogP contribution in [0.3, 0.4) is 0 Å². The number of thioether (sulfide) groups is 1. The Hall–Kier alpha value is -0.180. The van der Waals surface area contributed by atoms with E-state index in [0.717, 1.165) is 22.1 Å². The predicted octanol–water partition coefficient (Wildman–Crippen LogP) is 3.20. The molecule has 0 spiro atoms. The fourth-order valence-electron chi connectivity index (χ4n) is 0.841. The van der Waals surface area contributed by atoms with E-state index in [0.29, 0.717) is 0 Å². The molecule has 0 radical (unpaired) electrons. The van der Waals surface area contributed by atoms with Crippen molar-refractivity contribution in [1.82, 2.24) is 0 Å². The van der Waals surface area contributed by atoms with E-state index in [2.05, 4.69) is 0 Å². The monoisotopic (exact) mass is 216 g/mol. The number of hydrogen-bond donors (Lipinski definition) is 1. The summed E-state index contributed by atoms with van der Waals surface area (Å²) in [6.07, 6.45) is 0.598. The standard InChI is InChI=1S/C10H13ClOS/c1-2-9(12)7-13-10-5-3-8(11)4-6-10/h3-6,9,12H,2,7H2,1H3. The zero-order chi connectivity index (χ0) is 9.68. The van der Waals surface area contributed by atoms with Crippen LogP contribution >= 0.6 is 23.4 Å². The van der Waals surface area contributed by atoms with Gasteiger partial charge in [-0.1, -0.05) is 18.5 Å². The van der Waals surface area contributed by atoms with Gasteiger partial charge in [-0.15, -0.1) is 11.8 Å². The van der Waals surface area contributed by atoms with Gasteiger partial charge in [0.25, 0.3) is 0 Å². The minimum Gasteiger partial charge on any atom is -0.392 e. The molecule has 1 unspecified atom stereocenters. The van der Waals surface area contributed by atoms with Crippen molar-refractivity contribution in [1.29, 1.82) is 0 Å². The number of rotatable bonds is 4. The van der Waals surface area contributed by atoms with Crippen LogP contribution in [0.25, 0.3) is 0 Å². The van der Waals surface area contributed by atoms with Crippen LogP contribution in [0, 0.1) is 0 Å². The van der Waals surface area contributed by atoms with Crippen LogP contribution in [0.5, 0.6) is 0 Å². The van der Waals surface area contributed by atoms with Gasteiger partial charge < -0.3 is 5.11 Å². The Kier molecular flexibility index (Phi) is 4.64. The van der Waals surface area contributed by atoms with E-state index in [9.17, 15) is 5.11 Å². The zero-order valence-corrected chi connectivity index (χ0v) is 9.11. The van der Waals surface area contributed by atoms with E-state index >= 15 is 0 Å². The highest BCUT2D eigenvalue weighted by Crippen LogP contribution is 2.21. The van der Waals surface area contributed by atoms with Crippen molar-refractivity contribution in [2.24, 2.45) is 0 Å². The molecule has 0 aromatic heterocycles. The van der Waals surface area contributed by atoms with Crippen LogP contribution in [0.4, 0.5) is 0 Å². The molecule has 0 aliphatic carbocycles. The fourth-order valence-corrected chi connectivity index (χ4v) is 1.92. The molecule has 0 heterocycles. The van der Waals surface area contributed by atoms with E-state index in [-0.39, 0.29) is 6.10 Å². The molecule has 1 nitrogen and oxygen atoms in total. The van der Waals surface area contributed by atoms with Gasteiger partial charge in [-0.2, -0.15) is 0 Å². The Morgan fingerprint density at radius 1 is 1.38 bits per heavy atom. The lowest BCUT2D eigenvalue weighted by Gasteiger charge is -2.06. The average Bonchev–Trinajstić information content (AvgIpc) is 2.16. The maximum absolute atomic E-state index is 9.33. The summed E-state index contributed by atoms with van der Waals surface area (Å²) in [6, 6.07) is 7.66. The van der Waals surface area contributed by atoms with Gasteiger partial charge in [-0.05, 0) is 30.7 Å². The molecule has 1 N–H and O–H groups in total. The van der Waals surface area contributed by atoms with Crippen LogP contribution in [0.1, 0.15) is 13.3 Å². The molecule has 0 aliphatic heterocycles. The Balaban J connectivity index is 2.41. The van der Waals surface area contributed by atoms with Crippen LogP contribution in [0.2, 0.25) is 5.02 Å². The number of aliphatic hydroxyl groups is 1. The molecule has 0 amide bonds. The second-order valence-corrected chi connectivity index (χ2v) is 4.36. The Labute approximate surface area is 88.1 Å². The highest BCUT2D eigenvalue weighted by atomic mass is 35.5. The predicted molar refractivity (Wildman–Crippen MR) is 58.5 cm³/mol. The van der Waals surface area contributed by atoms with Crippen molar-refractivity contribution in [3.8, 4) is 0 Å². The molecule has 3 heteroatoms. The van der Waals surface area contributed by atoms with Gasteiger partial charge in [0.05, 0.1) is 6.10 Å². The van der Waals surface area contributed by atoms with Gasteiger partial charge in [-0.25, -0.2) is 0 Å². The number of halogens is 1. The number of aliphatic hydroxyl groups excluding tert-OH is 1. The molecule has 0 saturated carbocycles. The van der Waals surface area contributed by atoms with Gasteiger partial charge in [0.1, 0.15) is 0 Å². The van der Waals surface area contributed by atoms with E-state index < -0.39 is 0 Å². The van der Waals surface area contributed by atoms with Crippen LogP contribution in [0.15, 0.2) is 29.2 Å². The topological polar surface area (TPSA) is 20.2 Å². The van der Waals surface area contributed by atoms with Crippen molar-refractivity contribution in [2.45, 2.75) is 24.3 Å². The summed E-state index contributed by atoms with van der Waals surface area (Å²) in [5, 5.41) is 10.1. The summed E-state index contributed by atoms with van der Waals surface area (Å²) in [5.74, 6) is 0.748. The number of benzene rings is 1. The molecule has 0 bridgehead atoms. The summed E-state index contributed by atoms with van der Waals surface area (Å²) in [4.78, 5) is 1.15. The summed E-state index contributed by atoms with van der Waals surface area (Å²) in [6.45, 7) is 1.98. The molecule has 1 aromatic rings. The molecule has 0 aliphatic rings. The Morgan fingerprint density at radius 3 is 2.54 bits per heavy atom. The maximum Gasteiger partial charge on any atom is 0.0631 e. The maximum atomic E-state index is 9.33. The molecular weight excluding hydrogens is 204 g/mol. The van der Waals surface area contributed by atoms with Gasteiger partial charge >= 0.3 is 0 Å². The lowest BCUT2D eigenvalue weighted by atomic mass is 10.3. The molecule has 72 valence electrons. The quantitative estimate of drug-likeness (QED) is 0.781. The smallest absolute Gasteiger partial charge is 0.0631 e. The van der Waals surface area contributed by atoms with E-state index in [1.807, 2.05) is 31.2 Å². The molecule has 1 atom stereocenters. The Bertz CT molecular complexity index is 248. The van der Waals surface area contributed by atoms with Crippen molar-refractivity contribution in [3.05, 3.63) is 29.3 Å². The second kappa shape index (κ2) is 5.53. The highest BCUT2D eigenvalue weighted by molar-refractivity contribution is 7.99. The van der Waals surface area contributed by atoms with Crippen LogP contribution in [-0.2, 0) is 0 Å². The van der Waals surface area contributed by atoms with Crippen LogP contribution < -0.4 is 0 Å². The van der Waals surface area contributed by atoms with E-state index in [4.69, 9.17) is 11.6 Å². The van der Waals surface area contributed by atoms with Gasteiger partial charge in [0.15, 0.2) is 0 Å². The SMILES string of the molecule is CCC(O)CSc1ccc(Cl)cc1. The first kappa shape index (κ1) is 10.9. The van der Waals surface area contributed by atoms with Crippen molar-refractivity contribution < 1.29 is 5.11 Å². The minimum absolute atomic E-state index is 0.208. The first-order chi connectivity index (χ1) is 6.22. The highest BCUT2D eigenvalue weighted by Gasteiger charge is 2.01.